The van der Waals surface area contributed by atoms with E-state index in [-0.39, 0.29) is 36.1 Å². The highest BCUT2D eigenvalue weighted by atomic mass is 35.5. The van der Waals surface area contributed by atoms with E-state index in [2.05, 4.69) is 10.6 Å². The van der Waals surface area contributed by atoms with Crippen molar-refractivity contribution in [1.82, 2.24) is 15.5 Å². The summed E-state index contributed by atoms with van der Waals surface area (Å²) in [5.74, 6) is -0.744. The van der Waals surface area contributed by atoms with Crippen LogP contribution in [0.5, 0.6) is 0 Å². The van der Waals surface area contributed by atoms with Crippen molar-refractivity contribution in [3.8, 4) is 0 Å². The summed E-state index contributed by atoms with van der Waals surface area (Å²) in [5.41, 5.74) is 0.402. The molecule has 0 radical (unpaired) electrons. The van der Waals surface area contributed by atoms with Gasteiger partial charge in [-0.2, -0.15) is 0 Å². The van der Waals surface area contributed by atoms with Gasteiger partial charge in [0.1, 0.15) is 0 Å². The zero-order valence-electron chi connectivity index (χ0n) is 13.8. The Morgan fingerprint density at radius 1 is 1.25 bits per heavy atom. The van der Waals surface area contributed by atoms with E-state index in [1.165, 1.54) is 0 Å². The molecule has 2 rings (SSSR count). The molecule has 1 heterocycles. The fourth-order valence-electron chi connectivity index (χ4n) is 2.65. The van der Waals surface area contributed by atoms with Gasteiger partial charge in [-0.25, -0.2) is 0 Å². The normalized spacial score (nSPS) is 17.2. The van der Waals surface area contributed by atoms with Crippen molar-refractivity contribution in [3.63, 3.8) is 0 Å². The van der Waals surface area contributed by atoms with Crippen molar-refractivity contribution >= 4 is 29.3 Å². The van der Waals surface area contributed by atoms with Crippen LogP contribution in [0.1, 0.15) is 30.6 Å². The highest BCUT2D eigenvalue weighted by Crippen LogP contribution is 2.20. The van der Waals surface area contributed by atoms with Crippen LogP contribution >= 0.6 is 11.6 Å². The van der Waals surface area contributed by atoms with E-state index in [0.717, 1.165) is 0 Å². The Morgan fingerprint density at radius 2 is 1.92 bits per heavy atom. The topological polar surface area (TPSA) is 78.5 Å². The molecule has 1 aliphatic rings. The maximum atomic E-state index is 12.1. The molecule has 1 aromatic carbocycles. The summed E-state index contributed by atoms with van der Waals surface area (Å²) >= 11 is 5.95. The fraction of sp³-hybridized carbons (Fsp3) is 0.471. The molecule has 6 nitrogen and oxygen atoms in total. The third-order valence-corrected chi connectivity index (χ3v) is 4.31. The van der Waals surface area contributed by atoms with Crippen LogP contribution in [-0.2, 0) is 9.59 Å². The van der Waals surface area contributed by atoms with E-state index in [4.69, 9.17) is 11.6 Å². The van der Waals surface area contributed by atoms with Crippen LogP contribution in [0.3, 0.4) is 0 Å². The molecule has 3 amide bonds. The maximum absolute atomic E-state index is 12.1. The van der Waals surface area contributed by atoms with E-state index in [0.29, 0.717) is 30.2 Å². The number of nitrogens with zero attached hydrogens (tertiary/aromatic N) is 1. The van der Waals surface area contributed by atoms with E-state index < -0.39 is 0 Å². The lowest BCUT2D eigenvalue weighted by atomic mass is 10.1. The second kappa shape index (κ2) is 8.15. The molecule has 0 unspecified atom stereocenters. The molecular formula is C17H22ClN3O3. The molecule has 24 heavy (non-hydrogen) atoms. The lowest BCUT2D eigenvalue weighted by Gasteiger charge is -2.20. The van der Waals surface area contributed by atoms with Crippen molar-refractivity contribution in [1.29, 1.82) is 0 Å². The van der Waals surface area contributed by atoms with Crippen LogP contribution in [0.25, 0.3) is 0 Å². The Labute approximate surface area is 146 Å². The lowest BCUT2D eigenvalue weighted by Crippen LogP contribution is -2.39. The third kappa shape index (κ3) is 4.47. The number of likely N-dealkylation sites (tertiary alicyclic amines) is 1. The highest BCUT2D eigenvalue weighted by Gasteiger charge is 2.35. The van der Waals surface area contributed by atoms with Gasteiger partial charge in [-0.05, 0) is 26.0 Å². The first kappa shape index (κ1) is 18.3. The summed E-state index contributed by atoms with van der Waals surface area (Å²) in [6.45, 7) is 4.92. The van der Waals surface area contributed by atoms with E-state index in [1.807, 2.05) is 13.8 Å². The minimum absolute atomic E-state index is 0.0113. The Kier molecular flexibility index (Phi) is 6.20. The maximum Gasteiger partial charge on any atom is 0.252 e. The first-order valence-corrected chi connectivity index (χ1v) is 8.38. The summed E-state index contributed by atoms with van der Waals surface area (Å²) in [7, 11) is 0. The van der Waals surface area contributed by atoms with Gasteiger partial charge in [0.15, 0.2) is 0 Å². The minimum atomic E-state index is -0.320. The molecule has 0 spiro atoms. The van der Waals surface area contributed by atoms with Crippen LogP contribution in [-0.4, -0.2) is 48.3 Å². The number of carbonyl (C=O) groups is 3. The minimum Gasteiger partial charge on any atom is -0.354 e. The molecule has 1 aromatic rings. The van der Waals surface area contributed by atoms with Crippen molar-refractivity contribution in [2.75, 3.05) is 19.6 Å². The van der Waals surface area contributed by atoms with Gasteiger partial charge in [0.25, 0.3) is 5.91 Å². The summed E-state index contributed by atoms with van der Waals surface area (Å²) in [5, 5.41) is 5.85. The Morgan fingerprint density at radius 3 is 2.54 bits per heavy atom. The van der Waals surface area contributed by atoms with Crippen molar-refractivity contribution in [2.45, 2.75) is 26.3 Å². The van der Waals surface area contributed by atoms with E-state index in [9.17, 15) is 14.4 Å². The number of amides is 3. The standard InChI is InChI=1S/C17H22ClN3O3/c1-11(2)21-10-12(9-15(21)22)16(23)19-7-8-20-17(24)13-5-3-4-6-14(13)18/h3-6,11-12H,7-10H2,1-2H3,(H,19,23)(H,20,24)/t12-/m1/s1. The fourth-order valence-corrected chi connectivity index (χ4v) is 2.87. The molecule has 0 saturated carbocycles. The van der Waals surface area contributed by atoms with Gasteiger partial charge in [-0.1, -0.05) is 23.7 Å². The predicted molar refractivity (Wildman–Crippen MR) is 91.8 cm³/mol. The Bertz CT molecular complexity index is 633. The number of nitrogens with one attached hydrogen (secondary N) is 2. The smallest absolute Gasteiger partial charge is 0.252 e. The van der Waals surface area contributed by atoms with Gasteiger partial charge in [0.05, 0.1) is 16.5 Å². The molecule has 1 atom stereocenters. The molecule has 1 saturated heterocycles. The number of rotatable bonds is 6. The first-order chi connectivity index (χ1) is 11.4. The van der Waals surface area contributed by atoms with Gasteiger partial charge in [0, 0.05) is 32.1 Å². The van der Waals surface area contributed by atoms with Gasteiger partial charge in [-0.3, -0.25) is 14.4 Å². The Balaban J connectivity index is 1.73. The van der Waals surface area contributed by atoms with Gasteiger partial charge in [-0.15, -0.1) is 0 Å². The third-order valence-electron chi connectivity index (χ3n) is 3.98. The molecule has 0 aromatic heterocycles. The average Bonchev–Trinajstić information content (AvgIpc) is 2.94. The summed E-state index contributed by atoms with van der Waals surface area (Å²) < 4.78 is 0. The molecule has 130 valence electrons. The summed E-state index contributed by atoms with van der Waals surface area (Å²) in [6, 6.07) is 6.88. The number of hydrogen-bond donors (Lipinski definition) is 2. The van der Waals surface area contributed by atoms with Gasteiger partial charge >= 0.3 is 0 Å². The molecule has 1 aliphatic heterocycles. The number of hydrogen-bond acceptors (Lipinski definition) is 3. The lowest BCUT2D eigenvalue weighted by molar-refractivity contribution is -0.129. The van der Waals surface area contributed by atoms with Crippen molar-refractivity contribution in [2.24, 2.45) is 5.92 Å². The molecule has 0 aliphatic carbocycles. The Hall–Kier alpha value is -2.08. The zero-order valence-corrected chi connectivity index (χ0v) is 14.6. The summed E-state index contributed by atoms with van der Waals surface area (Å²) in [4.78, 5) is 37.6. The number of halogens is 1. The number of benzene rings is 1. The summed E-state index contributed by atoms with van der Waals surface area (Å²) in [6.07, 6.45) is 0.246. The second-order valence-electron chi connectivity index (χ2n) is 6.07. The monoisotopic (exact) mass is 351 g/mol. The van der Waals surface area contributed by atoms with E-state index in [1.54, 1.807) is 29.2 Å². The van der Waals surface area contributed by atoms with E-state index >= 15 is 0 Å². The first-order valence-electron chi connectivity index (χ1n) is 8.00. The van der Waals surface area contributed by atoms with Crippen molar-refractivity contribution in [3.05, 3.63) is 34.9 Å². The highest BCUT2D eigenvalue weighted by molar-refractivity contribution is 6.33. The predicted octanol–water partition coefficient (Wildman–Crippen LogP) is 1.44. The van der Waals surface area contributed by atoms with Crippen LogP contribution < -0.4 is 10.6 Å². The molecule has 2 N–H and O–H groups in total. The quantitative estimate of drug-likeness (QED) is 0.761. The SMILES string of the molecule is CC(C)N1C[C@H](C(=O)NCCNC(=O)c2ccccc2Cl)CC1=O. The second-order valence-corrected chi connectivity index (χ2v) is 6.47. The molecule has 0 bridgehead atoms. The molecular weight excluding hydrogens is 330 g/mol. The number of carbonyl (C=O) groups excluding carboxylic acids is 3. The molecule has 1 fully saturated rings. The zero-order chi connectivity index (χ0) is 17.7. The van der Waals surface area contributed by atoms with Gasteiger partial charge in [0.2, 0.25) is 11.8 Å². The van der Waals surface area contributed by atoms with Crippen LogP contribution in [0.4, 0.5) is 0 Å². The average molecular weight is 352 g/mol. The van der Waals surface area contributed by atoms with Crippen LogP contribution in [0, 0.1) is 5.92 Å². The van der Waals surface area contributed by atoms with Crippen molar-refractivity contribution < 1.29 is 14.4 Å². The molecule has 7 heteroatoms. The van der Waals surface area contributed by atoms with Crippen LogP contribution in [0.15, 0.2) is 24.3 Å². The van der Waals surface area contributed by atoms with Gasteiger partial charge < -0.3 is 15.5 Å². The van der Waals surface area contributed by atoms with Crippen LogP contribution in [0.2, 0.25) is 5.02 Å². The largest absolute Gasteiger partial charge is 0.354 e.